The minimum Gasteiger partial charge on any atom is -0.385 e. The van der Waals surface area contributed by atoms with Crippen molar-refractivity contribution >= 4 is 5.82 Å². The van der Waals surface area contributed by atoms with E-state index in [0.29, 0.717) is 13.1 Å². The molecule has 2 N–H and O–H groups in total. The topological polar surface area (TPSA) is 70.0 Å². The van der Waals surface area contributed by atoms with Crippen molar-refractivity contribution < 1.29 is 0 Å². The van der Waals surface area contributed by atoms with Gasteiger partial charge in [-0.2, -0.15) is 0 Å². The lowest BCUT2D eigenvalue weighted by atomic mass is 10.2. The Morgan fingerprint density at radius 2 is 1.78 bits per heavy atom. The van der Waals surface area contributed by atoms with Crippen LogP contribution in [0.4, 0.5) is 5.82 Å². The first-order valence-electron chi connectivity index (χ1n) is 5.77. The summed E-state index contributed by atoms with van der Waals surface area (Å²) in [6, 6.07) is 10.8. The fourth-order valence-corrected chi connectivity index (χ4v) is 1.85. The normalized spacial score (nSPS) is 10.5. The largest absolute Gasteiger partial charge is 0.385 e. The van der Waals surface area contributed by atoms with Crippen molar-refractivity contribution in [3.05, 3.63) is 62.8 Å². The molecule has 1 heterocycles. The van der Waals surface area contributed by atoms with Gasteiger partial charge in [0.25, 0.3) is 5.56 Å². The first-order chi connectivity index (χ1) is 8.63. The zero-order valence-electron chi connectivity index (χ0n) is 10.2. The van der Waals surface area contributed by atoms with E-state index in [-0.39, 0.29) is 17.1 Å². The van der Waals surface area contributed by atoms with Crippen molar-refractivity contribution in [2.24, 2.45) is 0 Å². The molecule has 0 bridgehead atoms. The van der Waals surface area contributed by atoms with Crippen molar-refractivity contribution in [2.75, 3.05) is 5.73 Å². The molecule has 0 aliphatic carbocycles. The van der Waals surface area contributed by atoms with Crippen LogP contribution in [0.1, 0.15) is 12.5 Å². The lowest BCUT2D eigenvalue weighted by molar-refractivity contribution is 0.604. The van der Waals surface area contributed by atoms with Crippen LogP contribution in [0.2, 0.25) is 0 Å². The van der Waals surface area contributed by atoms with Crippen molar-refractivity contribution in [3.63, 3.8) is 0 Å². The Balaban J connectivity index is 2.52. The van der Waals surface area contributed by atoms with Crippen LogP contribution in [0, 0.1) is 0 Å². The van der Waals surface area contributed by atoms with Gasteiger partial charge < -0.3 is 5.73 Å². The number of aromatic nitrogens is 2. The third-order valence-corrected chi connectivity index (χ3v) is 2.81. The van der Waals surface area contributed by atoms with Crippen molar-refractivity contribution in [1.29, 1.82) is 0 Å². The zero-order chi connectivity index (χ0) is 13.1. The number of nitrogen functional groups attached to an aromatic ring is 1. The molecular weight excluding hydrogens is 230 g/mol. The number of hydrogen-bond donors (Lipinski definition) is 1. The first-order valence-corrected chi connectivity index (χ1v) is 5.77. The fourth-order valence-electron chi connectivity index (χ4n) is 1.85. The Morgan fingerprint density at radius 3 is 2.39 bits per heavy atom. The van der Waals surface area contributed by atoms with Gasteiger partial charge >= 0.3 is 5.69 Å². The van der Waals surface area contributed by atoms with Gasteiger partial charge in [0.05, 0.1) is 6.54 Å². The van der Waals surface area contributed by atoms with Gasteiger partial charge in [0.2, 0.25) is 0 Å². The van der Waals surface area contributed by atoms with Crippen LogP contribution in [0.5, 0.6) is 0 Å². The smallest absolute Gasteiger partial charge is 0.332 e. The van der Waals surface area contributed by atoms with E-state index in [1.54, 1.807) is 6.92 Å². The summed E-state index contributed by atoms with van der Waals surface area (Å²) in [5, 5.41) is 0. The maximum absolute atomic E-state index is 12.1. The van der Waals surface area contributed by atoms with E-state index in [1.165, 1.54) is 15.2 Å². The van der Waals surface area contributed by atoms with Gasteiger partial charge in [-0.1, -0.05) is 30.3 Å². The van der Waals surface area contributed by atoms with Crippen molar-refractivity contribution in [1.82, 2.24) is 9.13 Å². The highest BCUT2D eigenvalue weighted by Gasteiger charge is 2.08. The minimum absolute atomic E-state index is 0.193. The summed E-state index contributed by atoms with van der Waals surface area (Å²) >= 11 is 0. The molecule has 94 valence electrons. The van der Waals surface area contributed by atoms with Crippen LogP contribution in [0.15, 0.2) is 46.0 Å². The van der Waals surface area contributed by atoms with E-state index in [2.05, 4.69) is 0 Å². The van der Waals surface area contributed by atoms with Gasteiger partial charge in [-0.25, -0.2) is 4.79 Å². The number of anilines is 1. The number of nitrogens with two attached hydrogens (primary N) is 1. The highest BCUT2D eigenvalue weighted by Crippen LogP contribution is 2.03. The van der Waals surface area contributed by atoms with Crippen molar-refractivity contribution in [3.8, 4) is 0 Å². The summed E-state index contributed by atoms with van der Waals surface area (Å²) in [5.74, 6) is 0.193. The average molecular weight is 245 g/mol. The Morgan fingerprint density at radius 1 is 1.11 bits per heavy atom. The Labute approximate surface area is 104 Å². The third kappa shape index (κ3) is 2.20. The van der Waals surface area contributed by atoms with Gasteiger partial charge in [-0.05, 0) is 12.5 Å². The van der Waals surface area contributed by atoms with Crippen LogP contribution in [-0.2, 0) is 13.1 Å². The molecule has 2 aromatic rings. The summed E-state index contributed by atoms with van der Waals surface area (Å²) in [5.41, 5.74) is 5.98. The lowest BCUT2D eigenvalue weighted by Gasteiger charge is -2.11. The molecule has 0 unspecified atom stereocenters. The van der Waals surface area contributed by atoms with Gasteiger partial charge in [0.15, 0.2) is 0 Å². The molecule has 0 amide bonds. The molecule has 5 nitrogen and oxygen atoms in total. The molecular formula is C13H15N3O2. The molecule has 1 aromatic heterocycles. The third-order valence-electron chi connectivity index (χ3n) is 2.81. The maximum atomic E-state index is 12.1. The highest BCUT2D eigenvalue weighted by molar-refractivity contribution is 5.28. The first kappa shape index (κ1) is 12.2. The van der Waals surface area contributed by atoms with E-state index in [1.807, 2.05) is 30.3 Å². The van der Waals surface area contributed by atoms with E-state index in [0.717, 1.165) is 5.56 Å². The second-order valence-electron chi connectivity index (χ2n) is 4.01. The molecule has 0 aliphatic heterocycles. The molecule has 0 radical (unpaired) electrons. The molecule has 0 saturated carbocycles. The number of hydrogen-bond acceptors (Lipinski definition) is 3. The Kier molecular flexibility index (Phi) is 3.32. The zero-order valence-corrected chi connectivity index (χ0v) is 10.2. The molecule has 0 spiro atoms. The SMILES string of the molecule is CCn1c(=O)cc(N)n(Cc2ccccc2)c1=O. The molecule has 0 saturated heterocycles. The highest BCUT2D eigenvalue weighted by atomic mass is 16.2. The van der Waals surface area contributed by atoms with Crippen molar-refractivity contribution in [2.45, 2.75) is 20.0 Å². The number of nitrogens with zero attached hydrogens (tertiary/aromatic N) is 2. The Hall–Kier alpha value is -2.30. The van der Waals surface area contributed by atoms with E-state index < -0.39 is 0 Å². The monoisotopic (exact) mass is 245 g/mol. The van der Waals surface area contributed by atoms with E-state index >= 15 is 0 Å². The molecule has 18 heavy (non-hydrogen) atoms. The van der Waals surface area contributed by atoms with E-state index in [4.69, 9.17) is 5.73 Å². The maximum Gasteiger partial charge on any atom is 0.332 e. The fraction of sp³-hybridized carbons (Fsp3) is 0.231. The standard InChI is InChI=1S/C13H15N3O2/c1-2-15-12(17)8-11(14)16(13(15)18)9-10-6-4-3-5-7-10/h3-8H,2,9,14H2,1H3. The Bertz CT molecular complexity index is 656. The molecule has 5 heteroatoms. The summed E-state index contributed by atoms with van der Waals surface area (Å²) < 4.78 is 2.57. The van der Waals surface area contributed by atoms with Crippen LogP contribution >= 0.6 is 0 Å². The molecule has 0 atom stereocenters. The van der Waals surface area contributed by atoms with Crippen LogP contribution < -0.4 is 17.0 Å². The summed E-state index contributed by atoms with van der Waals surface area (Å²) in [4.78, 5) is 23.7. The summed E-state index contributed by atoms with van der Waals surface area (Å²) in [6.07, 6.45) is 0. The predicted molar refractivity (Wildman–Crippen MR) is 70.6 cm³/mol. The van der Waals surface area contributed by atoms with Gasteiger partial charge in [0, 0.05) is 12.6 Å². The van der Waals surface area contributed by atoms with Gasteiger partial charge in [-0.3, -0.25) is 13.9 Å². The lowest BCUT2D eigenvalue weighted by Crippen LogP contribution is -2.40. The van der Waals surface area contributed by atoms with Crippen LogP contribution in [-0.4, -0.2) is 9.13 Å². The van der Waals surface area contributed by atoms with Gasteiger partial charge in [0.1, 0.15) is 5.82 Å². The second-order valence-corrected chi connectivity index (χ2v) is 4.01. The molecule has 1 aromatic carbocycles. The summed E-state index contributed by atoms with van der Waals surface area (Å²) in [6.45, 7) is 2.46. The minimum atomic E-state index is -0.369. The van der Waals surface area contributed by atoms with Gasteiger partial charge in [-0.15, -0.1) is 0 Å². The molecule has 2 rings (SSSR count). The average Bonchev–Trinajstić information content (AvgIpc) is 2.36. The molecule has 0 aliphatic rings. The quantitative estimate of drug-likeness (QED) is 0.863. The van der Waals surface area contributed by atoms with Crippen LogP contribution in [0.25, 0.3) is 0 Å². The van der Waals surface area contributed by atoms with E-state index in [9.17, 15) is 9.59 Å². The van der Waals surface area contributed by atoms with Crippen LogP contribution in [0.3, 0.4) is 0 Å². The molecule has 0 fully saturated rings. The predicted octanol–water partition coefficient (Wildman–Crippen LogP) is 0.660. The number of benzene rings is 1. The number of rotatable bonds is 3. The summed E-state index contributed by atoms with van der Waals surface area (Å²) in [7, 11) is 0. The second kappa shape index (κ2) is 4.91.